The maximum absolute atomic E-state index is 13.6. The van der Waals surface area contributed by atoms with Gasteiger partial charge in [0.15, 0.2) is 5.13 Å². The van der Waals surface area contributed by atoms with Crippen LogP contribution in [-0.2, 0) is 0 Å². The average Bonchev–Trinajstić information content (AvgIpc) is 3.22. The van der Waals surface area contributed by atoms with Crippen LogP contribution >= 0.6 is 11.3 Å². The van der Waals surface area contributed by atoms with Crippen LogP contribution < -0.4 is 14.4 Å². The molecule has 3 rings (SSSR count). The van der Waals surface area contributed by atoms with Gasteiger partial charge in [-0.1, -0.05) is 37.2 Å². The molecule has 0 aliphatic rings. The highest BCUT2D eigenvalue weighted by molar-refractivity contribution is 7.22. The van der Waals surface area contributed by atoms with E-state index in [4.69, 9.17) is 14.5 Å². The summed E-state index contributed by atoms with van der Waals surface area (Å²) in [5, 5.41) is 0.705. The normalized spacial score (nSPS) is 11.2. The molecule has 0 saturated carbocycles. The fourth-order valence-electron chi connectivity index (χ4n) is 3.51. The van der Waals surface area contributed by atoms with Crippen LogP contribution in [0.2, 0.25) is 0 Å². The summed E-state index contributed by atoms with van der Waals surface area (Å²) in [7, 11) is 4.08. The number of amides is 1. The molecule has 6 nitrogen and oxygen atoms in total. The van der Waals surface area contributed by atoms with Gasteiger partial charge in [-0.15, -0.1) is 0 Å². The molecule has 33 heavy (non-hydrogen) atoms. The summed E-state index contributed by atoms with van der Waals surface area (Å²) in [5.41, 5.74) is 1.49. The number of rotatable bonds is 13. The first-order chi connectivity index (χ1) is 16.0. The number of aromatic nitrogens is 1. The maximum Gasteiger partial charge on any atom is 0.260 e. The SMILES string of the molecule is CCCCCOc1cccc(C(=O)N(CCCN(C)C)c2nc3ccc(OCC)cc3s2)c1. The minimum Gasteiger partial charge on any atom is -0.494 e. The Bertz CT molecular complexity index is 1030. The topological polar surface area (TPSA) is 54.9 Å². The van der Waals surface area contributed by atoms with Crippen molar-refractivity contribution in [3.8, 4) is 11.5 Å². The number of unbranched alkanes of at least 4 members (excludes halogenated alkanes) is 2. The Kier molecular flexibility index (Phi) is 9.51. The van der Waals surface area contributed by atoms with Gasteiger partial charge in [0.25, 0.3) is 5.91 Å². The molecule has 2 aromatic carbocycles. The van der Waals surface area contributed by atoms with Crippen LogP contribution in [0.4, 0.5) is 5.13 Å². The largest absolute Gasteiger partial charge is 0.494 e. The van der Waals surface area contributed by atoms with Gasteiger partial charge in [-0.25, -0.2) is 4.98 Å². The van der Waals surface area contributed by atoms with Crippen molar-refractivity contribution in [2.45, 2.75) is 39.5 Å². The van der Waals surface area contributed by atoms with Gasteiger partial charge >= 0.3 is 0 Å². The molecular formula is C26H35N3O3S. The van der Waals surface area contributed by atoms with E-state index in [9.17, 15) is 4.79 Å². The number of hydrogen-bond acceptors (Lipinski definition) is 6. The lowest BCUT2D eigenvalue weighted by Gasteiger charge is -2.21. The first-order valence-electron chi connectivity index (χ1n) is 11.7. The molecule has 0 atom stereocenters. The second-order valence-corrected chi connectivity index (χ2v) is 9.27. The number of carbonyl (C=O) groups excluding carboxylic acids is 1. The van der Waals surface area contributed by atoms with Gasteiger partial charge < -0.3 is 14.4 Å². The molecule has 3 aromatic rings. The Morgan fingerprint density at radius 1 is 0.970 bits per heavy atom. The number of nitrogens with zero attached hydrogens (tertiary/aromatic N) is 3. The van der Waals surface area contributed by atoms with Gasteiger partial charge in [-0.2, -0.15) is 0 Å². The van der Waals surface area contributed by atoms with Crippen LogP contribution in [0.5, 0.6) is 11.5 Å². The van der Waals surface area contributed by atoms with Crippen molar-refractivity contribution >= 4 is 32.6 Å². The van der Waals surface area contributed by atoms with Crippen molar-refractivity contribution in [1.29, 1.82) is 0 Å². The van der Waals surface area contributed by atoms with Crippen molar-refractivity contribution in [3.63, 3.8) is 0 Å². The van der Waals surface area contributed by atoms with Crippen LogP contribution in [-0.4, -0.2) is 56.2 Å². The van der Waals surface area contributed by atoms with E-state index in [2.05, 4.69) is 11.8 Å². The smallest absolute Gasteiger partial charge is 0.260 e. The lowest BCUT2D eigenvalue weighted by molar-refractivity contribution is 0.0985. The summed E-state index contributed by atoms with van der Waals surface area (Å²) in [6.45, 7) is 6.90. The molecule has 0 N–H and O–H groups in total. The fraction of sp³-hybridized carbons (Fsp3) is 0.462. The van der Waals surface area contributed by atoms with Crippen molar-refractivity contribution in [2.24, 2.45) is 0 Å². The number of anilines is 1. The molecule has 0 fully saturated rings. The second kappa shape index (κ2) is 12.6. The number of hydrogen-bond donors (Lipinski definition) is 0. The molecule has 178 valence electrons. The zero-order chi connectivity index (χ0) is 23.6. The van der Waals surface area contributed by atoms with E-state index < -0.39 is 0 Å². The summed E-state index contributed by atoms with van der Waals surface area (Å²) >= 11 is 1.52. The van der Waals surface area contributed by atoms with E-state index >= 15 is 0 Å². The second-order valence-electron chi connectivity index (χ2n) is 8.26. The third kappa shape index (κ3) is 7.17. The fourth-order valence-corrected chi connectivity index (χ4v) is 4.53. The van der Waals surface area contributed by atoms with E-state index in [0.717, 1.165) is 53.9 Å². The predicted octanol–water partition coefficient (Wildman–Crippen LogP) is 5.86. The lowest BCUT2D eigenvalue weighted by Crippen LogP contribution is -2.33. The van der Waals surface area contributed by atoms with E-state index in [-0.39, 0.29) is 5.91 Å². The third-order valence-electron chi connectivity index (χ3n) is 5.22. The Balaban J connectivity index is 1.84. The first-order valence-corrected chi connectivity index (χ1v) is 12.6. The van der Waals surface area contributed by atoms with E-state index in [0.29, 0.717) is 30.5 Å². The molecule has 0 aliphatic carbocycles. The minimum atomic E-state index is -0.0585. The Hall–Kier alpha value is -2.64. The average molecular weight is 470 g/mol. The van der Waals surface area contributed by atoms with E-state index in [1.807, 2.05) is 63.5 Å². The van der Waals surface area contributed by atoms with Crippen molar-refractivity contribution < 1.29 is 14.3 Å². The highest BCUT2D eigenvalue weighted by Gasteiger charge is 2.22. The van der Waals surface area contributed by atoms with Gasteiger partial charge in [0.2, 0.25) is 0 Å². The van der Waals surface area contributed by atoms with Crippen molar-refractivity contribution in [3.05, 3.63) is 48.0 Å². The molecule has 1 amide bonds. The van der Waals surface area contributed by atoms with Crippen LogP contribution in [0.25, 0.3) is 10.2 Å². The zero-order valence-electron chi connectivity index (χ0n) is 20.2. The molecule has 0 bridgehead atoms. The van der Waals surface area contributed by atoms with Crippen molar-refractivity contribution in [1.82, 2.24) is 9.88 Å². The summed E-state index contributed by atoms with van der Waals surface area (Å²) in [4.78, 5) is 22.3. The molecule has 1 heterocycles. The molecule has 0 spiro atoms. The molecule has 0 aliphatic heterocycles. The van der Waals surface area contributed by atoms with Gasteiger partial charge in [0.1, 0.15) is 11.5 Å². The third-order valence-corrected chi connectivity index (χ3v) is 6.26. The van der Waals surface area contributed by atoms with Crippen LogP contribution in [0.3, 0.4) is 0 Å². The first kappa shape index (κ1) is 25.0. The molecular weight excluding hydrogens is 434 g/mol. The summed E-state index contributed by atoms with van der Waals surface area (Å²) in [6, 6.07) is 13.3. The number of benzene rings is 2. The highest BCUT2D eigenvalue weighted by Crippen LogP contribution is 2.32. The maximum atomic E-state index is 13.6. The lowest BCUT2D eigenvalue weighted by atomic mass is 10.2. The number of ether oxygens (including phenoxy) is 2. The Morgan fingerprint density at radius 3 is 2.55 bits per heavy atom. The Labute approximate surface area is 201 Å². The Morgan fingerprint density at radius 2 is 1.79 bits per heavy atom. The molecule has 0 unspecified atom stereocenters. The van der Waals surface area contributed by atoms with Crippen LogP contribution in [0.1, 0.15) is 49.9 Å². The quantitative estimate of drug-likeness (QED) is 0.293. The predicted molar refractivity (Wildman–Crippen MR) is 137 cm³/mol. The van der Waals surface area contributed by atoms with Gasteiger partial charge in [-0.05, 0) is 76.8 Å². The summed E-state index contributed by atoms with van der Waals surface area (Å²) < 4.78 is 12.5. The standard InChI is InChI=1S/C26H35N3O3S/c1-5-7-8-17-32-21-12-9-11-20(18-21)25(30)29(16-10-15-28(3)4)26-27-23-14-13-22(31-6-2)19-24(23)33-26/h9,11-14,18-19H,5-8,10,15-17H2,1-4H3. The highest BCUT2D eigenvalue weighted by atomic mass is 32.1. The number of fused-ring (bicyclic) bond motifs is 1. The molecule has 7 heteroatoms. The summed E-state index contributed by atoms with van der Waals surface area (Å²) in [6.07, 6.45) is 4.16. The van der Waals surface area contributed by atoms with Gasteiger partial charge in [0.05, 0.1) is 23.4 Å². The van der Waals surface area contributed by atoms with Gasteiger partial charge in [-0.3, -0.25) is 9.69 Å². The van der Waals surface area contributed by atoms with Gasteiger partial charge in [0, 0.05) is 12.1 Å². The monoisotopic (exact) mass is 469 g/mol. The minimum absolute atomic E-state index is 0.0585. The van der Waals surface area contributed by atoms with Crippen molar-refractivity contribution in [2.75, 3.05) is 45.3 Å². The summed E-state index contributed by atoms with van der Waals surface area (Å²) in [5.74, 6) is 1.49. The molecule has 1 aromatic heterocycles. The number of carbonyl (C=O) groups is 1. The van der Waals surface area contributed by atoms with Crippen LogP contribution in [0.15, 0.2) is 42.5 Å². The zero-order valence-corrected chi connectivity index (χ0v) is 21.0. The van der Waals surface area contributed by atoms with E-state index in [1.54, 1.807) is 4.90 Å². The number of thiazole rings is 1. The molecule has 0 radical (unpaired) electrons. The van der Waals surface area contributed by atoms with E-state index in [1.165, 1.54) is 11.3 Å². The van der Waals surface area contributed by atoms with Crippen LogP contribution in [0, 0.1) is 0 Å². The molecule has 0 saturated heterocycles.